The highest BCUT2D eigenvalue weighted by atomic mass is 127. The Bertz CT molecular complexity index is 824. The van der Waals surface area contributed by atoms with Gasteiger partial charge >= 0.3 is 0 Å². The predicted octanol–water partition coefficient (Wildman–Crippen LogP) is 2.76. The fraction of sp³-hybridized carbons (Fsp3) is 0.478. The summed E-state index contributed by atoms with van der Waals surface area (Å²) < 4.78 is 11.0. The molecule has 0 saturated carbocycles. The Hall–Kier alpha value is -2.11. The number of amides is 1. The van der Waals surface area contributed by atoms with Crippen LogP contribution in [0.1, 0.15) is 36.1 Å². The fourth-order valence-electron chi connectivity index (χ4n) is 3.42. The number of carbonyl (C=O) groups is 1. The lowest BCUT2D eigenvalue weighted by Crippen LogP contribution is -2.54. The molecule has 0 spiro atoms. The van der Waals surface area contributed by atoms with Gasteiger partial charge in [-0.3, -0.25) is 9.79 Å². The molecule has 0 radical (unpaired) electrons. The Morgan fingerprint density at radius 1 is 1.16 bits per heavy atom. The number of piperazine rings is 1. The van der Waals surface area contributed by atoms with E-state index in [1.807, 2.05) is 44.2 Å². The van der Waals surface area contributed by atoms with Crippen LogP contribution in [0.5, 0.6) is 0 Å². The van der Waals surface area contributed by atoms with Gasteiger partial charge in [0.25, 0.3) is 5.91 Å². The fourth-order valence-corrected chi connectivity index (χ4v) is 3.42. The molecule has 3 rings (SSSR count). The van der Waals surface area contributed by atoms with Crippen molar-refractivity contribution in [3.05, 3.63) is 60.1 Å². The molecule has 1 aliphatic rings. The zero-order valence-corrected chi connectivity index (χ0v) is 21.0. The van der Waals surface area contributed by atoms with Crippen molar-refractivity contribution >= 4 is 35.8 Å². The van der Waals surface area contributed by atoms with Crippen LogP contribution < -0.4 is 5.32 Å². The van der Waals surface area contributed by atoms with E-state index < -0.39 is 6.10 Å². The van der Waals surface area contributed by atoms with Gasteiger partial charge in [-0.25, -0.2) is 0 Å². The van der Waals surface area contributed by atoms with E-state index in [2.05, 4.69) is 15.2 Å². The number of hydrogen-bond donors (Lipinski definition) is 2. The van der Waals surface area contributed by atoms with Gasteiger partial charge in [0.15, 0.2) is 11.7 Å². The van der Waals surface area contributed by atoms with Crippen LogP contribution in [0.25, 0.3) is 0 Å². The number of aliphatic imine (C=N–C) groups is 1. The van der Waals surface area contributed by atoms with Gasteiger partial charge in [0.2, 0.25) is 0 Å². The van der Waals surface area contributed by atoms with Crippen LogP contribution in [0.3, 0.4) is 0 Å². The number of nitrogens with one attached hydrogen (secondary N) is 1. The number of aliphatic hydroxyl groups is 1. The molecule has 1 amide bonds. The standard InChI is InChI=1S/C23H32N4O4.HI/c1-3-24-23(25-16-20(28)17-31-18(2)19-8-5-4-6-9-19)27-13-11-26(12-14-27)22(29)21-10-7-15-30-21;/h4-10,15,18,20,28H,3,11-14,16-17H2,1-2H3,(H,24,25);1H. The highest BCUT2D eigenvalue weighted by molar-refractivity contribution is 14.0. The van der Waals surface area contributed by atoms with Crippen LogP contribution in [-0.2, 0) is 4.74 Å². The van der Waals surface area contributed by atoms with Crippen LogP contribution >= 0.6 is 24.0 Å². The second kappa shape index (κ2) is 13.4. The molecule has 2 N–H and O–H groups in total. The minimum atomic E-state index is -0.693. The number of halogens is 1. The smallest absolute Gasteiger partial charge is 0.289 e. The number of furan rings is 1. The van der Waals surface area contributed by atoms with Gasteiger partial charge in [0.05, 0.1) is 31.6 Å². The van der Waals surface area contributed by atoms with Crippen LogP contribution in [0.2, 0.25) is 0 Å². The molecule has 176 valence electrons. The minimum Gasteiger partial charge on any atom is -0.459 e. The lowest BCUT2D eigenvalue weighted by atomic mass is 10.1. The van der Waals surface area contributed by atoms with Crippen LogP contribution in [0.4, 0.5) is 0 Å². The third kappa shape index (κ3) is 7.49. The van der Waals surface area contributed by atoms with Gasteiger partial charge in [-0.1, -0.05) is 30.3 Å². The van der Waals surface area contributed by atoms with Gasteiger partial charge in [-0.05, 0) is 31.5 Å². The Morgan fingerprint density at radius 2 is 1.84 bits per heavy atom. The average molecular weight is 556 g/mol. The maximum absolute atomic E-state index is 12.4. The summed E-state index contributed by atoms with van der Waals surface area (Å²) in [7, 11) is 0. The maximum Gasteiger partial charge on any atom is 0.289 e. The van der Waals surface area contributed by atoms with Crippen molar-refractivity contribution < 1.29 is 19.1 Å². The van der Waals surface area contributed by atoms with E-state index in [1.165, 1.54) is 6.26 Å². The predicted molar refractivity (Wildman–Crippen MR) is 134 cm³/mol. The molecule has 9 heteroatoms. The zero-order valence-electron chi connectivity index (χ0n) is 18.6. The van der Waals surface area contributed by atoms with E-state index >= 15 is 0 Å². The summed E-state index contributed by atoms with van der Waals surface area (Å²) in [5, 5.41) is 13.6. The van der Waals surface area contributed by atoms with Crippen LogP contribution in [0.15, 0.2) is 58.1 Å². The van der Waals surface area contributed by atoms with E-state index in [9.17, 15) is 9.90 Å². The van der Waals surface area contributed by atoms with Crippen molar-refractivity contribution in [1.29, 1.82) is 0 Å². The first-order valence-electron chi connectivity index (χ1n) is 10.8. The molecule has 2 atom stereocenters. The Balaban J connectivity index is 0.00000363. The lowest BCUT2D eigenvalue weighted by Gasteiger charge is -2.36. The van der Waals surface area contributed by atoms with Crippen molar-refractivity contribution in [3.8, 4) is 0 Å². The van der Waals surface area contributed by atoms with Crippen molar-refractivity contribution in [1.82, 2.24) is 15.1 Å². The normalized spacial score (nSPS) is 16.3. The summed E-state index contributed by atoms with van der Waals surface area (Å²) in [6.45, 7) is 7.66. The third-order valence-corrected chi connectivity index (χ3v) is 5.19. The first-order chi connectivity index (χ1) is 15.1. The van der Waals surface area contributed by atoms with Crippen LogP contribution in [0, 0.1) is 0 Å². The first kappa shape index (κ1) is 26.1. The number of ether oxygens (including phenoxy) is 1. The molecular weight excluding hydrogens is 523 g/mol. The number of rotatable bonds is 8. The highest BCUT2D eigenvalue weighted by Gasteiger charge is 2.25. The van der Waals surface area contributed by atoms with Crippen molar-refractivity contribution in [2.24, 2.45) is 4.99 Å². The number of carbonyl (C=O) groups excluding carboxylic acids is 1. The quantitative estimate of drug-likeness (QED) is 0.296. The number of benzene rings is 1. The van der Waals surface area contributed by atoms with Crippen molar-refractivity contribution in [3.63, 3.8) is 0 Å². The largest absolute Gasteiger partial charge is 0.459 e. The number of hydrogen-bond acceptors (Lipinski definition) is 5. The molecule has 2 aromatic rings. The number of nitrogens with zero attached hydrogens (tertiary/aromatic N) is 3. The second-order valence-corrected chi connectivity index (χ2v) is 7.49. The Labute approximate surface area is 206 Å². The molecule has 0 bridgehead atoms. The Morgan fingerprint density at radius 3 is 2.47 bits per heavy atom. The van der Waals surface area contributed by atoms with E-state index in [-0.39, 0.29) is 49.1 Å². The monoisotopic (exact) mass is 556 g/mol. The minimum absolute atomic E-state index is 0. The van der Waals surface area contributed by atoms with Crippen molar-refractivity contribution in [2.45, 2.75) is 26.1 Å². The number of guanidine groups is 1. The molecule has 1 aromatic heterocycles. The summed E-state index contributed by atoms with van der Waals surface area (Å²) in [5.74, 6) is 1.01. The summed E-state index contributed by atoms with van der Waals surface area (Å²) in [5.41, 5.74) is 1.08. The summed E-state index contributed by atoms with van der Waals surface area (Å²) in [6, 6.07) is 13.3. The molecule has 0 aliphatic carbocycles. The molecule has 1 aliphatic heterocycles. The Kier molecular flexibility index (Phi) is 11.0. The second-order valence-electron chi connectivity index (χ2n) is 7.49. The molecule has 2 unspecified atom stereocenters. The molecule has 2 heterocycles. The van der Waals surface area contributed by atoms with Gasteiger partial charge < -0.3 is 29.4 Å². The van der Waals surface area contributed by atoms with Gasteiger partial charge in [0, 0.05) is 32.7 Å². The first-order valence-corrected chi connectivity index (χ1v) is 10.8. The SMILES string of the molecule is CCNC(=NCC(O)COC(C)c1ccccc1)N1CCN(C(=O)c2ccco2)CC1.I. The van der Waals surface area contributed by atoms with E-state index in [4.69, 9.17) is 9.15 Å². The van der Waals surface area contributed by atoms with E-state index in [1.54, 1.807) is 17.0 Å². The van der Waals surface area contributed by atoms with E-state index in [0.29, 0.717) is 31.9 Å². The van der Waals surface area contributed by atoms with Gasteiger partial charge in [-0.15, -0.1) is 24.0 Å². The molecule has 1 saturated heterocycles. The van der Waals surface area contributed by atoms with Gasteiger partial charge in [-0.2, -0.15) is 0 Å². The molecule has 1 fully saturated rings. The summed E-state index contributed by atoms with van der Waals surface area (Å²) in [4.78, 5) is 20.9. The topological polar surface area (TPSA) is 90.5 Å². The van der Waals surface area contributed by atoms with Gasteiger partial charge in [0.1, 0.15) is 0 Å². The lowest BCUT2D eigenvalue weighted by molar-refractivity contribution is 0.00102. The molecule has 32 heavy (non-hydrogen) atoms. The molecule has 1 aromatic carbocycles. The average Bonchev–Trinajstić information content (AvgIpc) is 3.35. The zero-order chi connectivity index (χ0) is 22.1. The number of aliphatic hydroxyl groups excluding tert-OH is 1. The summed E-state index contributed by atoms with van der Waals surface area (Å²) in [6.07, 6.45) is 0.726. The highest BCUT2D eigenvalue weighted by Crippen LogP contribution is 2.16. The van der Waals surface area contributed by atoms with E-state index in [0.717, 1.165) is 18.1 Å². The molecule has 8 nitrogen and oxygen atoms in total. The maximum atomic E-state index is 12.4. The van der Waals surface area contributed by atoms with Crippen molar-refractivity contribution in [2.75, 3.05) is 45.9 Å². The third-order valence-electron chi connectivity index (χ3n) is 5.19. The summed E-state index contributed by atoms with van der Waals surface area (Å²) >= 11 is 0. The molecular formula is C23H33IN4O4. The van der Waals surface area contributed by atoms with Crippen LogP contribution in [-0.4, -0.2) is 78.8 Å².